The van der Waals surface area contributed by atoms with Crippen LogP contribution in [-0.2, 0) is 6.54 Å². The fraction of sp³-hybridized carbons (Fsp3) is 0.769. The van der Waals surface area contributed by atoms with Crippen LogP contribution in [-0.4, -0.2) is 35.3 Å². The number of rotatable bonds is 7. The second-order valence-corrected chi connectivity index (χ2v) is 6.25. The van der Waals surface area contributed by atoms with Crippen molar-refractivity contribution in [2.24, 2.45) is 11.3 Å². The minimum Gasteiger partial charge on any atom is -0.308 e. The average molecular weight is 288 g/mol. The topological polar surface area (TPSA) is 59.1 Å². The molecule has 0 radical (unpaired) electrons. The molecule has 6 heteroatoms. The average Bonchev–Trinajstić information content (AvgIpc) is 2.69. The summed E-state index contributed by atoms with van der Waals surface area (Å²) in [5.41, 5.74) is 3.88. The first kappa shape index (κ1) is 16.4. The lowest BCUT2D eigenvalue weighted by Crippen LogP contribution is -2.40. The van der Waals surface area contributed by atoms with E-state index in [4.69, 9.17) is 17.4 Å². The van der Waals surface area contributed by atoms with E-state index in [1.165, 1.54) is 0 Å². The number of nitrogens with two attached hydrogens (primary N) is 1. The van der Waals surface area contributed by atoms with Gasteiger partial charge in [0, 0.05) is 6.54 Å². The third-order valence-electron chi connectivity index (χ3n) is 3.73. The summed E-state index contributed by atoms with van der Waals surface area (Å²) in [4.78, 5) is 2.12. The lowest BCUT2D eigenvalue weighted by Gasteiger charge is -2.33. The van der Waals surface area contributed by atoms with Crippen LogP contribution in [0, 0.1) is 5.41 Å². The van der Waals surface area contributed by atoms with Crippen molar-refractivity contribution in [3.8, 4) is 0 Å². The van der Waals surface area contributed by atoms with Gasteiger partial charge in [0.05, 0.1) is 29.5 Å². The summed E-state index contributed by atoms with van der Waals surface area (Å²) in [6.45, 7) is 8.22. The van der Waals surface area contributed by atoms with E-state index in [-0.39, 0.29) is 11.5 Å². The van der Waals surface area contributed by atoms with Gasteiger partial charge in [-0.15, -0.1) is 0 Å². The Morgan fingerprint density at radius 3 is 2.63 bits per heavy atom. The molecule has 1 atom stereocenters. The first-order valence-electron chi connectivity index (χ1n) is 6.65. The zero-order chi connectivity index (χ0) is 14.6. The number of hydrazine groups is 1. The van der Waals surface area contributed by atoms with Gasteiger partial charge in [-0.05, 0) is 25.9 Å². The molecule has 3 N–H and O–H groups in total. The van der Waals surface area contributed by atoms with Gasteiger partial charge >= 0.3 is 0 Å². The van der Waals surface area contributed by atoms with E-state index in [0.717, 1.165) is 25.2 Å². The summed E-state index contributed by atoms with van der Waals surface area (Å²) in [7, 11) is 4.08. The molecule has 0 spiro atoms. The molecule has 0 bridgehead atoms. The maximum atomic E-state index is 6.30. The van der Waals surface area contributed by atoms with Crippen LogP contribution < -0.4 is 11.3 Å². The highest BCUT2D eigenvalue weighted by molar-refractivity contribution is 6.31. The predicted octanol–water partition coefficient (Wildman–Crippen LogP) is 2.04. The second-order valence-electron chi connectivity index (χ2n) is 5.85. The van der Waals surface area contributed by atoms with Crippen molar-refractivity contribution in [2.45, 2.75) is 39.8 Å². The van der Waals surface area contributed by atoms with E-state index in [1.807, 2.05) is 18.8 Å². The Bertz CT molecular complexity index is 400. The Morgan fingerprint density at radius 2 is 2.16 bits per heavy atom. The molecule has 0 aromatic carbocycles. The quantitative estimate of drug-likeness (QED) is 0.595. The standard InChI is InChI=1S/C13H26ClN5/c1-6-13(2,3)12(17-15)11-10(14)9-16-19(11)8-7-18(4)5/h9,12,17H,6-8,15H2,1-5H3. The van der Waals surface area contributed by atoms with Gasteiger partial charge in [0.15, 0.2) is 0 Å². The minimum atomic E-state index is -0.0188. The van der Waals surface area contributed by atoms with Crippen LogP contribution in [0.3, 0.4) is 0 Å². The van der Waals surface area contributed by atoms with E-state index in [1.54, 1.807) is 6.20 Å². The Morgan fingerprint density at radius 1 is 1.53 bits per heavy atom. The van der Waals surface area contributed by atoms with Crippen LogP contribution in [0.2, 0.25) is 5.02 Å². The summed E-state index contributed by atoms with van der Waals surface area (Å²) in [5, 5.41) is 5.04. The van der Waals surface area contributed by atoms with Gasteiger partial charge in [0.1, 0.15) is 0 Å². The van der Waals surface area contributed by atoms with Crippen molar-refractivity contribution in [2.75, 3.05) is 20.6 Å². The SMILES string of the molecule is CCC(C)(C)C(NN)c1c(Cl)cnn1CCN(C)C. The number of aromatic nitrogens is 2. The molecule has 0 aliphatic carbocycles. The van der Waals surface area contributed by atoms with Crippen LogP contribution in [0.5, 0.6) is 0 Å². The summed E-state index contributed by atoms with van der Waals surface area (Å²) in [6, 6.07) is -0.0188. The third kappa shape index (κ3) is 3.92. The summed E-state index contributed by atoms with van der Waals surface area (Å²) in [5.74, 6) is 5.76. The number of likely N-dealkylation sites (N-methyl/N-ethyl adjacent to an activating group) is 1. The molecular weight excluding hydrogens is 262 g/mol. The van der Waals surface area contributed by atoms with Gasteiger partial charge in [-0.1, -0.05) is 32.4 Å². The summed E-state index contributed by atoms with van der Waals surface area (Å²) in [6.07, 6.45) is 2.69. The fourth-order valence-corrected chi connectivity index (χ4v) is 2.26. The van der Waals surface area contributed by atoms with Crippen molar-refractivity contribution in [1.29, 1.82) is 0 Å². The molecule has 1 rings (SSSR count). The highest BCUT2D eigenvalue weighted by atomic mass is 35.5. The second kappa shape index (κ2) is 6.70. The Kier molecular flexibility index (Phi) is 5.80. The lowest BCUT2D eigenvalue weighted by atomic mass is 9.80. The molecule has 19 heavy (non-hydrogen) atoms. The smallest absolute Gasteiger partial charge is 0.0834 e. The van der Waals surface area contributed by atoms with E-state index in [0.29, 0.717) is 5.02 Å². The van der Waals surface area contributed by atoms with Gasteiger partial charge in [-0.2, -0.15) is 5.10 Å². The van der Waals surface area contributed by atoms with Crippen LogP contribution in [0.15, 0.2) is 6.20 Å². The van der Waals surface area contributed by atoms with E-state index >= 15 is 0 Å². The summed E-state index contributed by atoms with van der Waals surface area (Å²) < 4.78 is 1.95. The van der Waals surface area contributed by atoms with Crippen molar-refractivity contribution in [3.05, 3.63) is 16.9 Å². The first-order valence-corrected chi connectivity index (χ1v) is 7.03. The van der Waals surface area contributed by atoms with Crippen LogP contribution in [0.1, 0.15) is 38.9 Å². The van der Waals surface area contributed by atoms with Crippen LogP contribution >= 0.6 is 11.6 Å². The summed E-state index contributed by atoms with van der Waals surface area (Å²) >= 11 is 6.30. The third-order valence-corrected chi connectivity index (χ3v) is 4.02. The normalized spacial score (nSPS) is 14.1. The van der Waals surface area contributed by atoms with E-state index in [9.17, 15) is 0 Å². The molecule has 1 aromatic heterocycles. The molecule has 0 saturated heterocycles. The zero-order valence-corrected chi connectivity index (χ0v) is 13.3. The fourth-order valence-electron chi connectivity index (χ4n) is 2.01. The molecule has 0 amide bonds. The van der Waals surface area contributed by atoms with Crippen molar-refractivity contribution >= 4 is 11.6 Å². The van der Waals surface area contributed by atoms with Gasteiger partial charge < -0.3 is 4.90 Å². The monoisotopic (exact) mass is 287 g/mol. The minimum absolute atomic E-state index is 0.00822. The lowest BCUT2D eigenvalue weighted by molar-refractivity contribution is 0.222. The van der Waals surface area contributed by atoms with Crippen molar-refractivity contribution in [3.63, 3.8) is 0 Å². The molecule has 0 aliphatic heterocycles. The zero-order valence-electron chi connectivity index (χ0n) is 12.6. The van der Waals surface area contributed by atoms with Crippen molar-refractivity contribution in [1.82, 2.24) is 20.1 Å². The van der Waals surface area contributed by atoms with E-state index < -0.39 is 0 Å². The van der Waals surface area contributed by atoms with Crippen molar-refractivity contribution < 1.29 is 0 Å². The molecule has 1 unspecified atom stereocenters. The molecular formula is C13H26ClN5. The molecule has 0 fully saturated rings. The Hall–Kier alpha value is -0.620. The Balaban J connectivity index is 3.06. The number of nitrogens with one attached hydrogen (secondary N) is 1. The van der Waals surface area contributed by atoms with Crippen LogP contribution in [0.25, 0.3) is 0 Å². The first-order chi connectivity index (χ1) is 8.83. The van der Waals surface area contributed by atoms with Gasteiger partial charge in [-0.25, -0.2) is 0 Å². The van der Waals surface area contributed by atoms with Crippen LogP contribution in [0.4, 0.5) is 0 Å². The highest BCUT2D eigenvalue weighted by Crippen LogP contribution is 2.38. The maximum Gasteiger partial charge on any atom is 0.0834 e. The van der Waals surface area contributed by atoms with Gasteiger partial charge in [-0.3, -0.25) is 16.0 Å². The molecule has 0 aliphatic rings. The highest BCUT2D eigenvalue weighted by Gasteiger charge is 2.32. The predicted molar refractivity (Wildman–Crippen MR) is 79.9 cm³/mol. The molecule has 1 aromatic rings. The molecule has 1 heterocycles. The molecule has 0 saturated carbocycles. The molecule has 5 nitrogen and oxygen atoms in total. The largest absolute Gasteiger partial charge is 0.308 e. The number of hydrogen-bond acceptors (Lipinski definition) is 4. The maximum absolute atomic E-state index is 6.30. The van der Waals surface area contributed by atoms with Gasteiger partial charge in [0.25, 0.3) is 0 Å². The Labute approximate surface area is 121 Å². The van der Waals surface area contributed by atoms with Gasteiger partial charge in [0.2, 0.25) is 0 Å². The number of hydrogen-bond donors (Lipinski definition) is 2. The number of halogens is 1. The number of nitrogens with zero attached hydrogens (tertiary/aromatic N) is 3. The van der Waals surface area contributed by atoms with E-state index in [2.05, 4.69) is 36.2 Å². The molecule has 110 valence electrons.